The predicted molar refractivity (Wildman–Crippen MR) is 113 cm³/mol. The van der Waals surface area contributed by atoms with Crippen LogP contribution in [0.1, 0.15) is 16.1 Å². The molecule has 3 heterocycles. The second kappa shape index (κ2) is 8.12. The fourth-order valence-electron chi connectivity index (χ4n) is 3.07. The van der Waals surface area contributed by atoms with E-state index < -0.39 is 5.91 Å². The number of amides is 1. The number of rotatable bonds is 5. The summed E-state index contributed by atoms with van der Waals surface area (Å²) in [5.74, 6) is 0.273. The average molecular weight is 469 g/mol. The molecule has 4 N–H and O–H groups in total. The zero-order valence-electron chi connectivity index (χ0n) is 16.5. The van der Waals surface area contributed by atoms with Gasteiger partial charge in [-0.3, -0.25) is 4.79 Å². The first-order chi connectivity index (χ1) is 16.0. The van der Waals surface area contributed by atoms with E-state index in [0.29, 0.717) is 27.6 Å². The molecule has 2 aromatic carbocycles. The van der Waals surface area contributed by atoms with Crippen LogP contribution in [0.15, 0.2) is 46.1 Å². The molecular formula is C19H13ClN8O5. The lowest BCUT2D eigenvalue weighted by atomic mass is 10.1. The second-order valence-electron chi connectivity index (χ2n) is 6.64. The number of hydrogen-bond acceptors (Lipinski definition) is 11. The summed E-state index contributed by atoms with van der Waals surface area (Å²) in [7, 11) is 0. The number of aromatic hydroxyl groups is 1. The van der Waals surface area contributed by atoms with Gasteiger partial charge < -0.3 is 20.3 Å². The van der Waals surface area contributed by atoms with E-state index in [4.69, 9.17) is 26.8 Å². The molecule has 0 aliphatic carbocycles. The standard InChI is InChI=1S/C19H13ClN8O5/c20-11-2-3-12(29)10(5-11)7-22-24-19(30)15-16(9-1-4-13-14(6-9)32-8-31-13)28(27-23-15)18-17(21)25-33-26-18/h1-7,29H,8H2,(H2,21,25)(H,24,30)/b22-7-. The van der Waals surface area contributed by atoms with E-state index in [1.54, 1.807) is 18.2 Å². The van der Waals surface area contributed by atoms with E-state index >= 15 is 0 Å². The van der Waals surface area contributed by atoms with E-state index in [2.05, 4.69) is 35.8 Å². The Labute approximate surface area is 189 Å². The molecule has 0 unspecified atom stereocenters. The third-order valence-electron chi connectivity index (χ3n) is 4.59. The zero-order valence-corrected chi connectivity index (χ0v) is 17.2. The van der Waals surface area contributed by atoms with E-state index in [1.807, 2.05) is 0 Å². The van der Waals surface area contributed by atoms with Crippen LogP contribution in [0.3, 0.4) is 0 Å². The Morgan fingerprint density at radius 2 is 2.06 bits per heavy atom. The molecular weight excluding hydrogens is 456 g/mol. The number of ether oxygens (including phenoxy) is 2. The molecule has 166 valence electrons. The number of aromatic nitrogens is 5. The zero-order chi connectivity index (χ0) is 22.9. The van der Waals surface area contributed by atoms with Crippen LogP contribution in [0.4, 0.5) is 5.82 Å². The fraction of sp³-hybridized carbons (Fsp3) is 0.0526. The number of halogens is 1. The summed E-state index contributed by atoms with van der Waals surface area (Å²) < 4.78 is 16.6. The lowest BCUT2D eigenvalue weighted by Gasteiger charge is -2.07. The molecule has 0 bridgehead atoms. The predicted octanol–water partition coefficient (Wildman–Crippen LogP) is 1.75. The van der Waals surface area contributed by atoms with Gasteiger partial charge in [-0.2, -0.15) is 9.78 Å². The van der Waals surface area contributed by atoms with E-state index in [9.17, 15) is 9.90 Å². The first kappa shape index (κ1) is 20.3. The molecule has 2 aromatic heterocycles. The molecule has 5 rings (SSSR count). The van der Waals surface area contributed by atoms with Crippen molar-refractivity contribution in [3.05, 3.63) is 52.7 Å². The molecule has 13 nitrogen and oxygen atoms in total. The summed E-state index contributed by atoms with van der Waals surface area (Å²) in [6, 6.07) is 9.45. The van der Waals surface area contributed by atoms with Gasteiger partial charge in [0, 0.05) is 16.1 Å². The van der Waals surface area contributed by atoms with Crippen LogP contribution < -0.4 is 20.6 Å². The van der Waals surface area contributed by atoms with Crippen LogP contribution >= 0.6 is 11.6 Å². The normalized spacial score (nSPS) is 12.4. The summed E-state index contributed by atoms with van der Waals surface area (Å²) in [6.45, 7) is 0.0782. The summed E-state index contributed by atoms with van der Waals surface area (Å²) in [4.78, 5) is 12.9. The molecule has 1 amide bonds. The molecule has 0 saturated carbocycles. The Kier molecular flexibility index (Phi) is 4.99. The number of carbonyl (C=O) groups is 1. The van der Waals surface area contributed by atoms with Gasteiger partial charge in [0.1, 0.15) is 11.4 Å². The fourth-order valence-corrected chi connectivity index (χ4v) is 3.25. The van der Waals surface area contributed by atoms with Crippen molar-refractivity contribution in [3.63, 3.8) is 0 Å². The monoisotopic (exact) mass is 468 g/mol. The number of hydrazone groups is 1. The minimum absolute atomic E-state index is 0.0431. The smallest absolute Gasteiger partial charge is 0.294 e. The van der Waals surface area contributed by atoms with Gasteiger partial charge in [-0.15, -0.1) is 5.10 Å². The highest BCUT2D eigenvalue weighted by Gasteiger charge is 2.26. The molecule has 0 spiro atoms. The van der Waals surface area contributed by atoms with Gasteiger partial charge in [0.05, 0.1) is 6.21 Å². The summed E-state index contributed by atoms with van der Waals surface area (Å²) in [5.41, 5.74) is 9.10. The van der Waals surface area contributed by atoms with E-state index in [0.717, 1.165) is 0 Å². The lowest BCUT2D eigenvalue weighted by Crippen LogP contribution is -2.19. The van der Waals surface area contributed by atoms with E-state index in [1.165, 1.54) is 29.1 Å². The molecule has 33 heavy (non-hydrogen) atoms. The maximum atomic E-state index is 12.9. The molecule has 0 fully saturated rings. The van der Waals surface area contributed by atoms with Crippen molar-refractivity contribution in [2.45, 2.75) is 0 Å². The van der Waals surface area contributed by atoms with Crippen LogP contribution in [0.2, 0.25) is 5.02 Å². The van der Waals surface area contributed by atoms with Crippen molar-refractivity contribution >= 4 is 29.5 Å². The van der Waals surface area contributed by atoms with Crippen LogP contribution in [0.25, 0.3) is 17.1 Å². The highest BCUT2D eigenvalue weighted by molar-refractivity contribution is 6.30. The number of hydrogen-bond donors (Lipinski definition) is 3. The quantitative estimate of drug-likeness (QED) is 0.289. The number of nitrogens with two attached hydrogens (primary N) is 1. The van der Waals surface area contributed by atoms with Gasteiger partial charge in [0.2, 0.25) is 18.4 Å². The number of anilines is 1. The van der Waals surface area contributed by atoms with Gasteiger partial charge in [-0.1, -0.05) is 16.8 Å². The van der Waals surface area contributed by atoms with Crippen LogP contribution in [0, 0.1) is 0 Å². The molecule has 1 aliphatic heterocycles. The van der Waals surface area contributed by atoms with Crippen molar-refractivity contribution in [1.29, 1.82) is 0 Å². The average Bonchev–Trinajstić information content (AvgIpc) is 3.54. The molecule has 14 heteroatoms. The van der Waals surface area contributed by atoms with Crippen molar-refractivity contribution in [2.75, 3.05) is 12.5 Å². The Bertz CT molecular complexity index is 1400. The van der Waals surface area contributed by atoms with Gasteiger partial charge >= 0.3 is 0 Å². The molecule has 4 aromatic rings. The van der Waals surface area contributed by atoms with E-state index in [-0.39, 0.29) is 35.6 Å². The molecule has 1 aliphatic rings. The Balaban J connectivity index is 1.51. The highest BCUT2D eigenvalue weighted by atomic mass is 35.5. The minimum Gasteiger partial charge on any atom is -0.507 e. The van der Waals surface area contributed by atoms with Crippen molar-refractivity contribution < 1.29 is 24.0 Å². The van der Waals surface area contributed by atoms with Crippen molar-refractivity contribution in [2.24, 2.45) is 5.10 Å². The Morgan fingerprint density at radius 3 is 2.88 bits per heavy atom. The maximum Gasteiger partial charge on any atom is 0.294 e. The summed E-state index contributed by atoms with van der Waals surface area (Å²) in [5, 5.41) is 29.4. The number of nitrogen functional groups attached to an aromatic ring is 1. The second-order valence-corrected chi connectivity index (χ2v) is 7.08. The maximum absolute atomic E-state index is 12.9. The molecule has 0 radical (unpaired) electrons. The first-order valence-electron chi connectivity index (χ1n) is 9.27. The number of carbonyl (C=O) groups excluding carboxylic acids is 1. The molecule has 0 atom stereocenters. The van der Waals surface area contributed by atoms with Gasteiger partial charge in [0.25, 0.3) is 5.91 Å². The number of benzene rings is 2. The first-order valence-corrected chi connectivity index (χ1v) is 9.65. The van der Waals surface area contributed by atoms with Gasteiger partial charge in [-0.05, 0) is 46.7 Å². The van der Waals surface area contributed by atoms with Crippen molar-refractivity contribution in [1.82, 2.24) is 30.7 Å². The van der Waals surface area contributed by atoms with Crippen LogP contribution in [-0.2, 0) is 0 Å². The number of phenols is 1. The van der Waals surface area contributed by atoms with Crippen molar-refractivity contribution in [3.8, 4) is 34.3 Å². The number of nitrogens with one attached hydrogen (secondary N) is 1. The largest absolute Gasteiger partial charge is 0.507 e. The number of nitrogens with zero attached hydrogens (tertiary/aromatic N) is 6. The Morgan fingerprint density at radius 1 is 1.21 bits per heavy atom. The number of fused-ring (bicyclic) bond motifs is 1. The third kappa shape index (κ3) is 3.76. The number of phenolic OH excluding ortho intramolecular Hbond substituents is 1. The Hall–Kier alpha value is -4.65. The SMILES string of the molecule is Nc1nonc1-n1nnc(C(=O)N/N=C\c2cc(Cl)ccc2O)c1-c1ccc2c(c1)OCO2. The lowest BCUT2D eigenvalue weighted by molar-refractivity contribution is 0.0950. The van der Waals surface area contributed by atoms with Crippen LogP contribution in [-0.4, -0.2) is 49.3 Å². The topological polar surface area (TPSA) is 176 Å². The highest BCUT2D eigenvalue weighted by Crippen LogP contribution is 2.37. The molecule has 0 saturated heterocycles. The minimum atomic E-state index is -0.693. The van der Waals surface area contributed by atoms with Crippen LogP contribution in [0.5, 0.6) is 17.2 Å². The summed E-state index contributed by atoms with van der Waals surface area (Å²) >= 11 is 5.92. The summed E-state index contributed by atoms with van der Waals surface area (Å²) in [6.07, 6.45) is 1.24. The van der Waals surface area contributed by atoms with Gasteiger partial charge in [0.15, 0.2) is 17.2 Å². The van der Waals surface area contributed by atoms with Gasteiger partial charge in [-0.25, -0.2) is 10.1 Å². The third-order valence-corrected chi connectivity index (χ3v) is 4.82.